The van der Waals surface area contributed by atoms with E-state index in [-0.39, 0.29) is 17.9 Å². The van der Waals surface area contributed by atoms with Crippen molar-refractivity contribution < 1.29 is 22.3 Å². The molecule has 1 fully saturated rings. The van der Waals surface area contributed by atoms with Gasteiger partial charge in [-0.05, 0) is 60.5 Å². The summed E-state index contributed by atoms with van der Waals surface area (Å²) < 4.78 is 57.8. The first-order valence-corrected chi connectivity index (χ1v) is 9.42. The molecule has 0 aliphatic heterocycles. The van der Waals surface area contributed by atoms with Crippen molar-refractivity contribution in [1.29, 1.82) is 0 Å². The lowest BCUT2D eigenvalue weighted by molar-refractivity contribution is -0.140. The Hall–Kier alpha value is -2.67. The molecule has 4 rings (SSSR count). The number of alkyl halides is 3. The first-order valence-electron chi connectivity index (χ1n) is 9.42. The fraction of sp³-hybridized carbons (Fsp3) is 0.318. The average molecular weight is 404 g/mol. The normalized spacial score (nSPS) is 19.2. The number of aryl methyl sites for hydroxylation is 1. The first-order chi connectivity index (χ1) is 13.8. The molecule has 3 aromatic rings. The molecule has 1 aliphatic rings. The fourth-order valence-electron chi connectivity index (χ4n) is 3.60. The minimum Gasteiger partial charge on any atom is -0.489 e. The van der Waals surface area contributed by atoms with Crippen LogP contribution >= 0.6 is 0 Å². The van der Waals surface area contributed by atoms with E-state index in [0.29, 0.717) is 6.54 Å². The monoisotopic (exact) mass is 404 g/mol. The minimum atomic E-state index is -4.75. The van der Waals surface area contributed by atoms with E-state index in [4.69, 9.17) is 4.74 Å². The van der Waals surface area contributed by atoms with Gasteiger partial charge in [-0.1, -0.05) is 12.1 Å². The lowest BCUT2D eigenvalue weighted by Crippen LogP contribution is -2.50. The van der Waals surface area contributed by atoms with E-state index in [9.17, 15) is 17.6 Å². The summed E-state index contributed by atoms with van der Waals surface area (Å²) in [7, 11) is 0. The third-order valence-electron chi connectivity index (χ3n) is 5.42. The molecular formula is C22H20F4N2O. The van der Waals surface area contributed by atoms with Gasteiger partial charge in [-0.25, -0.2) is 4.39 Å². The highest BCUT2D eigenvalue weighted by molar-refractivity contribution is 5.87. The molecule has 2 aromatic carbocycles. The summed E-state index contributed by atoms with van der Waals surface area (Å²) in [5.41, 5.74) is 0.969. The molecule has 0 unspecified atom stereocenters. The Bertz CT molecular complexity index is 1030. The number of rotatable bonds is 5. The standard InChI is InChI=1S/C22H20F4N2O/c1-13-2-3-14(16-8-9-27-12-17(13)16)11-28-20-6-7-21(20)29-15-4-5-19(23)18(10-15)22(24,25)26/h2-5,8-10,12,20-21,28H,6-7,11H2,1H3/t20-,21-/m1/s1. The summed E-state index contributed by atoms with van der Waals surface area (Å²) >= 11 is 0. The summed E-state index contributed by atoms with van der Waals surface area (Å²) in [6.07, 6.45) is 0.198. The molecule has 0 saturated heterocycles. The number of halogens is 4. The van der Waals surface area contributed by atoms with Gasteiger partial charge in [0.25, 0.3) is 0 Å². The van der Waals surface area contributed by atoms with E-state index in [0.717, 1.165) is 46.9 Å². The van der Waals surface area contributed by atoms with Gasteiger partial charge in [-0.15, -0.1) is 0 Å². The smallest absolute Gasteiger partial charge is 0.419 e. The van der Waals surface area contributed by atoms with E-state index in [1.807, 2.05) is 25.3 Å². The molecular weight excluding hydrogens is 384 g/mol. The van der Waals surface area contributed by atoms with Gasteiger partial charge in [-0.3, -0.25) is 4.98 Å². The maximum absolute atomic E-state index is 13.4. The second kappa shape index (κ2) is 7.63. The number of benzene rings is 2. The second-order valence-electron chi connectivity index (χ2n) is 7.32. The molecule has 0 radical (unpaired) electrons. The maximum atomic E-state index is 13.4. The van der Waals surface area contributed by atoms with E-state index in [1.54, 1.807) is 6.20 Å². The molecule has 0 bridgehead atoms. The Kier molecular flexibility index (Phi) is 5.17. The molecule has 1 saturated carbocycles. The van der Waals surface area contributed by atoms with Crippen molar-refractivity contribution in [3.8, 4) is 5.75 Å². The molecule has 0 spiro atoms. The SMILES string of the molecule is Cc1ccc(CN[C@@H]2CC[C@H]2Oc2ccc(F)c(C(F)(F)F)c2)c2ccncc12. The average Bonchev–Trinajstić information content (AvgIpc) is 2.67. The minimum absolute atomic E-state index is 0.0209. The van der Waals surface area contributed by atoms with Crippen LogP contribution in [-0.4, -0.2) is 17.1 Å². The van der Waals surface area contributed by atoms with Crippen LogP contribution in [0.4, 0.5) is 17.6 Å². The third kappa shape index (κ3) is 4.05. The van der Waals surface area contributed by atoms with Crippen LogP contribution in [0, 0.1) is 12.7 Å². The van der Waals surface area contributed by atoms with Crippen LogP contribution in [-0.2, 0) is 12.7 Å². The molecule has 7 heteroatoms. The van der Waals surface area contributed by atoms with E-state index in [2.05, 4.69) is 16.4 Å². The summed E-state index contributed by atoms with van der Waals surface area (Å²) in [4.78, 5) is 4.18. The molecule has 1 heterocycles. The van der Waals surface area contributed by atoms with Crippen LogP contribution in [0.5, 0.6) is 5.75 Å². The topological polar surface area (TPSA) is 34.1 Å². The zero-order valence-corrected chi connectivity index (χ0v) is 15.8. The highest BCUT2D eigenvalue weighted by atomic mass is 19.4. The predicted octanol–water partition coefficient (Wildman–Crippen LogP) is 5.40. The van der Waals surface area contributed by atoms with Crippen molar-refractivity contribution in [2.24, 2.45) is 0 Å². The van der Waals surface area contributed by atoms with Crippen molar-refractivity contribution in [1.82, 2.24) is 10.3 Å². The number of fused-ring (bicyclic) bond motifs is 1. The first kappa shape index (κ1) is 19.6. The number of nitrogens with one attached hydrogen (secondary N) is 1. The van der Waals surface area contributed by atoms with Crippen molar-refractivity contribution >= 4 is 10.8 Å². The summed E-state index contributed by atoms with van der Waals surface area (Å²) in [6.45, 7) is 2.65. The third-order valence-corrected chi connectivity index (χ3v) is 5.42. The van der Waals surface area contributed by atoms with Crippen molar-refractivity contribution in [2.45, 2.75) is 44.6 Å². The molecule has 2 atom stereocenters. The largest absolute Gasteiger partial charge is 0.489 e. The molecule has 1 aromatic heterocycles. The zero-order chi connectivity index (χ0) is 20.6. The number of hydrogen-bond donors (Lipinski definition) is 1. The quantitative estimate of drug-likeness (QED) is 0.578. The molecule has 1 aliphatic carbocycles. The van der Waals surface area contributed by atoms with Crippen LogP contribution in [0.3, 0.4) is 0 Å². The van der Waals surface area contributed by atoms with Gasteiger partial charge in [0.15, 0.2) is 0 Å². The summed E-state index contributed by atoms with van der Waals surface area (Å²) in [5.74, 6) is -1.27. The Morgan fingerprint density at radius 2 is 1.93 bits per heavy atom. The maximum Gasteiger partial charge on any atom is 0.419 e. The Morgan fingerprint density at radius 1 is 1.10 bits per heavy atom. The number of aromatic nitrogens is 1. The van der Waals surface area contributed by atoms with Gasteiger partial charge < -0.3 is 10.1 Å². The van der Waals surface area contributed by atoms with Crippen molar-refractivity contribution in [3.63, 3.8) is 0 Å². The van der Waals surface area contributed by atoms with Gasteiger partial charge in [0.05, 0.1) is 5.56 Å². The van der Waals surface area contributed by atoms with E-state index < -0.39 is 17.6 Å². The molecule has 29 heavy (non-hydrogen) atoms. The Balaban J connectivity index is 1.43. The van der Waals surface area contributed by atoms with Crippen LogP contribution in [0.2, 0.25) is 0 Å². The van der Waals surface area contributed by atoms with Crippen LogP contribution < -0.4 is 10.1 Å². The lowest BCUT2D eigenvalue weighted by Gasteiger charge is -2.37. The van der Waals surface area contributed by atoms with E-state index in [1.165, 1.54) is 6.07 Å². The number of ether oxygens (including phenoxy) is 1. The summed E-state index contributed by atoms with van der Waals surface area (Å²) in [5, 5.41) is 5.65. The van der Waals surface area contributed by atoms with Gasteiger partial charge in [0.1, 0.15) is 17.7 Å². The number of nitrogens with zero attached hydrogens (tertiary/aromatic N) is 1. The molecule has 3 nitrogen and oxygen atoms in total. The molecule has 152 valence electrons. The van der Waals surface area contributed by atoms with Crippen LogP contribution in [0.15, 0.2) is 48.8 Å². The molecule has 0 amide bonds. The fourth-order valence-corrected chi connectivity index (χ4v) is 3.60. The highest BCUT2D eigenvalue weighted by Gasteiger charge is 2.36. The van der Waals surface area contributed by atoms with Gasteiger partial charge in [0, 0.05) is 30.4 Å². The Morgan fingerprint density at radius 3 is 2.66 bits per heavy atom. The van der Waals surface area contributed by atoms with E-state index >= 15 is 0 Å². The number of pyridine rings is 1. The van der Waals surface area contributed by atoms with Crippen molar-refractivity contribution in [3.05, 3.63) is 71.3 Å². The zero-order valence-electron chi connectivity index (χ0n) is 15.8. The van der Waals surface area contributed by atoms with Gasteiger partial charge in [0.2, 0.25) is 0 Å². The predicted molar refractivity (Wildman–Crippen MR) is 102 cm³/mol. The van der Waals surface area contributed by atoms with Gasteiger partial charge >= 0.3 is 6.18 Å². The lowest BCUT2D eigenvalue weighted by atomic mass is 9.88. The Labute approximate surface area is 165 Å². The van der Waals surface area contributed by atoms with Gasteiger partial charge in [-0.2, -0.15) is 13.2 Å². The summed E-state index contributed by atoms with van der Waals surface area (Å²) in [6, 6.07) is 8.87. The highest BCUT2D eigenvalue weighted by Crippen LogP contribution is 2.35. The molecule has 1 N–H and O–H groups in total. The second-order valence-corrected chi connectivity index (χ2v) is 7.32. The van der Waals surface area contributed by atoms with Crippen molar-refractivity contribution in [2.75, 3.05) is 0 Å². The number of hydrogen-bond acceptors (Lipinski definition) is 3. The van der Waals surface area contributed by atoms with Crippen LogP contribution in [0.1, 0.15) is 29.5 Å². The van der Waals surface area contributed by atoms with Crippen LogP contribution in [0.25, 0.3) is 10.8 Å².